The number of hydrogen-bond acceptors (Lipinski definition) is 3. The van der Waals surface area contributed by atoms with Crippen LogP contribution in [-0.4, -0.2) is 43.6 Å². The van der Waals surface area contributed by atoms with Crippen molar-refractivity contribution in [3.05, 3.63) is 68.5 Å². The first-order valence-electron chi connectivity index (χ1n) is 10.4. The first kappa shape index (κ1) is 19.2. The average molecular weight is 432 g/mol. The van der Waals surface area contributed by atoms with Crippen LogP contribution in [0.5, 0.6) is 0 Å². The number of hydrogen-bond donors (Lipinski definition) is 2. The van der Waals surface area contributed by atoms with Crippen molar-refractivity contribution >= 4 is 33.7 Å². The Morgan fingerprint density at radius 2 is 1.67 bits per heavy atom. The molecule has 2 aromatic carbocycles. The Morgan fingerprint density at radius 3 is 2.50 bits per heavy atom. The van der Waals surface area contributed by atoms with E-state index < -0.39 is 0 Å². The second-order valence-electron chi connectivity index (χ2n) is 7.99. The molecule has 0 aliphatic carbocycles. The van der Waals surface area contributed by atoms with Crippen LogP contribution in [-0.2, 0) is 6.54 Å². The summed E-state index contributed by atoms with van der Waals surface area (Å²) in [5, 5.41) is 0.625. The maximum absolute atomic E-state index is 12.5. The molecule has 2 aromatic heterocycles. The molecule has 0 spiro atoms. The summed E-state index contributed by atoms with van der Waals surface area (Å²) in [5.41, 5.74) is 3.44. The maximum atomic E-state index is 12.5. The Labute approximate surface area is 177 Å². The van der Waals surface area contributed by atoms with E-state index in [-0.39, 0.29) is 17.4 Å². The minimum Gasteiger partial charge on any atom is -0.306 e. The number of para-hydroxylation sites is 2. The maximum Gasteiger partial charge on any atom is 0.326 e. The fourth-order valence-corrected chi connectivity index (χ4v) is 4.82. The SMILES string of the molecule is O=c1[nH]c2cc(Cl)ccc2n1C1CCN(CCCn2c(=O)[nH][13c]3[13cH][13cH][13cH][13cH][13c]32)CC1. The number of H-pyrrole nitrogens is 2. The highest BCUT2D eigenvalue weighted by atomic mass is 35.5. The Hall–Kier alpha value is -2.77. The van der Waals surface area contributed by atoms with Crippen LogP contribution in [0.25, 0.3) is 22.1 Å². The quantitative estimate of drug-likeness (QED) is 0.508. The van der Waals surface area contributed by atoms with Gasteiger partial charge in [0.25, 0.3) is 0 Å². The number of rotatable bonds is 5. The minimum atomic E-state index is -0.0653. The highest BCUT2D eigenvalue weighted by Crippen LogP contribution is 2.26. The van der Waals surface area contributed by atoms with Gasteiger partial charge in [-0.3, -0.25) is 9.13 Å². The zero-order chi connectivity index (χ0) is 20.7. The van der Waals surface area contributed by atoms with Gasteiger partial charge in [0.1, 0.15) is 0 Å². The number of fused-ring (bicyclic) bond motifs is 2. The zero-order valence-corrected chi connectivity index (χ0v) is 17.4. The Balaban J connectivity index is 1.21. The highest BCUT2D eigenvalue weighted by Gasteiger charge is 2.23. The summed E-state index contributed by atoms with van der Waals surface area (Å²) in [6, 6.07) is 13.5. The fourth-order valence-electron chi connectivity index (χ4n) is 4.65. The minimum absolute atomic E-state index is 0.0475. The van der Waals surface area contributed by atoms with Crippen LogP contribution >= 0.6 is 11.6 Å². The molecule has 0 radical (unpaired) electrons. The summed E-state index contributed by atoms with van der Waals surface area (Å²) >= 11 is 6.05. The number of piperidine rings is 1. The molecule has 8 heteroatoms. The molecule has 0 saturated carbocycles. The van der Waals surface area contributed by atoms with Gasteiger partial charge in [-0.05, 0) is 56.1 Å². The number of aromatic nitrogens is 4. The Kier molecular flexibility index (Phi) is 5.00. The normalized spacial score (nSPS) is 16.0. The van der Waals surface area contributed by atoms with Gasteiger partial charge in [0.15, 0.2) is 0 Å². The van der Waals surface area contributed by atoms with Gasteiger partial charge >= 0.3 is 11.4 Å². The molecule has 7 nitrogen and oxygen atoms in total. The van der Waals surface area contributed by atoms with Gasteiger partial charge in [-0.2, -0.15) is 0 Å². The number of likely N-dealkylation sites (tertiary alicyclic amines) is 1. The van der Waals surface area contributed by atoms with Crippen LogP contribution in [0.1, 0.15) is 25.3 Å². The molecule has 30 heavy (non-hydrogen) atoms. The van der Waals surface area contributed by atoms with E-state index in [0.717, 1.165) is 61.0 Å². The average Bonchev–Trinajstić information content (AvgIpc) is 3.23. The lowest BCUT2D eigenvalue weighted by molar-refractivity contribution is 0.183. The first-order valence-corrected chi connectivity index (χ1v) is 10.8. The number of halogens is 1. The molecule has 0 amide bonds. The number of nitrogens with zero attached hydrogens (tertiary/aromatic N) is 3. The van der Waals surface area contributed by atoms with Crippen molar-refractivity contribution in [3.63, 3.8) is 0 Å². The van der Waals surface area contributed by atoms with Crippen molar-refractivity contribution in [2.45, 2.75) is 31.8 Å². The monoisotopic (exact) mass is 431 g/mol. The third-order valence-electron chi connectivity index (χ3n) is 6.14. The van der Waals surface area contributed by atoms with Gasteiger partial charge in [0.05, 0.1) is 22.1 Å². The molecule has 2 N–H and O–H groups in total. The molecular weight excluding hydrogens is 408 g/mol. The largest absolute Gasteiger partial charge is 0.326 e. The van der Waals surface area contributed by atoms with Crippen molar-refractivity contribution in [1.82, 2.24) is 24.0 Å². The van der Waals surface area contributed by atoms with Crippen molar-refractivity contribution in [3.8, 4) is 0 Å². The number of nitrogens with one attached hydrogen (secondary N) is 2. The molecule has 1 saturated heterocycles. The van der Waals surface area contributed by atoms with E-state index in [1.165, 1.54) is 0 Å². The summed E-state index contributed by atoms with van der Waals surface area (Å²) in [6.45, 7) is 3.53. The summed E-state index contributed by atoms with van der Waals surface area (Å²) in [4.78, 5) is 32.9. The van der Waals surface area contributed by atoms with Crippen LogP contribution < -0.4 is 11.4 Å². The lowest BCUT2D eigenvalue weighted by Gasteiger charge is -2.32. The van der Waals surface area contributed by atoms with Crippen molar-refractivity contribution in [2.24, 2.45) is 0 Å². The number of aromatic amines is 2. The van der Waals surface area contributed by atoms with E-state index in [0.29, 0.717) is 11.6 Å². The number of aryl methyl sites for hydroxylation is 1. The lowest BCUT2D eigenvalue weighted by Crippen LogP contribution is -2.37. The summed E-state index contributed by atoms with van der Waals surface area (Å²) in [5.74, 6) is 0. The summed E-state index contributed by atoms with van der Waals surface area (Å²) < 4.78 is 3.70. The lowest BCUT2D eigenvalue weighted by atomic mass is 10.0. The molecule has 0 unspecified atom stereocenters. The smallest absolute Gasteiger partial charge is 0.306 e. The van der Waals surface area contributed by atoms with Gasteiger partial charge < -0.3 is 14.9 Å². The summed E-state index contributed by atoms with van der Waals surface area (Å²) in [7, 11) is 0. The number of imidazole rings is 2. The topological polar surface area (TPSA) is 78.8 Å². The molecule has 0 atom stereocenters. The molecule has 1 aliphatic heterocycles. The second-order valence-corrected chi connectivity index (χ2v) is 8.42. The van der Waals surface area contributed by atoms with Gasteiger partial charge in [-0.25, -0.2) is 9.59 Å². The third-order valence-corrected chi connectivity index (χ3v) is 6.37. The van der Waals surface area contributed by atoms with Crippen LogP contribution in [0.2, 0.25) is 5.02 Å². The van der Waals surface area contributed by atoms with Gasteiger partial charge in [0.2, 0.25) is 0 Å². The van der Waals surface area contributed by atoms with E-state index in [4.69, 9.17) is 11.6 Å². The van der Waals surface area contributed by atoms with E-state index in [2.05, 4.69) is 14.9 Å². The van der Waals surface area contributed by atoms with Crippen LogP contribution in [0.3, 0.4) is 0 Å². The Morgan fingerprint density at radius 1 is 0.900 bits per heavy atom. The summed E-state index contributed by atoms with van der Waals surface area (Å²) in [6.07, 6.45) is 2.78. The molecule has 0 bridgehead atoms. The van der Waals surface area contributed by atoms with Crippen molar-refractivity contribution in [1.29, 1.82) is 0 Å². The highest BCUT2D eigenvalue weighted by molar-refractivity contribution is 6.31. The zero-order valence-electron chi connectivity index (χ0n) is 16.6. The van der Waals surface area contributed by atoms with Crippen LogP contribution in [0.4, 0.5) is 0 Å². The standard InChI is InChI=1S/C22H24ClN5O2/c23-15-6-7-20-18(14-15)25-22(30)28(20)16-8-12-26(13-9-16)10-3-11-27-19-5-2-1-4-17(19)24-21(27)29/h1-2,4-7,14,16H,3,8-13H2,(H,24,29)(H,25,30)/i1+1,2+1,4+1,5+1,17+1,19+1. The van der Waals surface area contributed by atoms with Gasteiger partial charge in [-0.15, -0.1) is 0 Å². The Bertz CT molecular complexity index is 1310. The molecule has 1 fully saturated rings. The molecule has 3 heterocycles. The van der Waals surface area contributed by atoms with Crippen LogP contribution in [0, 0.1) is 0 Å². The van der Waals surface area contributed by atoms with Gasteiger partial charge in [-0.1, -0.05) is 23.7 Å². The van der Waals surface area contributed by atoms with E-state index in [9.17, 15) is 9.59 Å². The predicted octanol–water partition coefficient (Wildman–Crippen LogP) is 3.35. The predicted molar refractivity (Wildman–Crippen MR) is 119 cm³/mol. The van der Waals surface area contributed by atoms with E-state index in [1.807, 2.05) is 45.5 Å². The molecule has 5 rings (SSSR count). The molecule has 156 valence electrons. The third kappa shape index (κ3) is 3.48. The molecule has 1 aliphatic rings. The molecular formula is C22H24ClN5O2. The molecule has 4 aromatic rings. The fraction of sp³-hybridized carbons (Fsp3) is 0.364. The van der Waals surface area contributed by atoms with E-state index >= 15 is 0 Å². The first-order chi connectivity index (χ1) is 14.6. The van der Waals surface area contributed by atoms with Crippen molar-refractivity contribution in [2.75, 3.05) is 19.6 Å². The number of benzene rings is 2. The van der Waals surface area contributed by atoms with Gasteiger partial charge in [0, 0.05) is 30.7 Å². The van der Waals surface area contributed by atoms with Crippen molar-refractivity contribution < 1.29 is 0 Å². The second kappa shape index (κ2) is 7.81. The van der Waals surface area contributed by atoms with Crippen LogP contribution in [0.15, 0.2) is 52.1 Å². The van der Waals surface area contributed by atoms with E-state index in [1.54, 1.807) is 6.07 Å².